The maximum atomic E-state index is 12.4. The quantitative estimate of drug-likeness (QED) is 0.826. The van der Waals surface area contributed by atoms with Crippen molar-refractivity contribution in [3.05, 3.63) is 29.8 Å². The number of carbonyl (C=O) groups excluding carboxylic acids is 3. The largest absolute Gasteiger partial charge is 0.497 e. The highest BCUT2D eigenvalue weighted by Crippen LogP contribution is 2.30. The van der Waals surface area contributed by atoms with Gasteiger partial charge < -0.3 is 10.1 Å². The SMILES string of the molecule is COc1ccc(CCC(=O)NC2CCCCC2N2C(=O)CSC2=O)cc1. The van der Waals surface area contributed by atoms with E-state index in [0.29, 0.717) is 12.8 Å². The van der Waals surface area contributed by atoms with Crippen molar-refractivity contribution in [3.63, 3.8) is 0 Å². The van der Waals surface area contributed by atoms with Crippen LogP contribution in [0.4, 0.5) is 4.79 Å². The first-order chi connectivity index (χ1) is 12.6. The molecule has 3 amide bonds. The van der Waals surface area contributed by atoms with Crippen LogP contribution in [-0.2, 0) is 16.0 Å². The van der Waals surface area contributed by atoms with Crippen LogP contribution in [0.1, 0.15) is 37.7 Å². The number of hydrogen-bond acceptors (Lipinski definition) is 5. The molecule has 26 heavy (non-hydrogen) atoms. The number of nitrogens with one attached hydrogen (secondary N) is 1. The van der Waals surface area contributed by atoms with Crippen LogP contribution in [0.5, 0.6) is 5.75 Å². The predicted molar refractivity (Wildman–Crippen MR) is 100 cm³/mol. The fourth-order valence-electron chi connectivity index (χ4n) is 3.60. The van der Waals surface area contributed by atoms with Crippen LogP contribution in [0, 0.1) is 0 Å². The molecule has 2 fully saturated rings. The first-order valence-corrected chi connectivity index (χ1v) is 9.98. The van der Waals surface area contributed by atoms with Gasteiger partial charge in [0.1, 0.15) is 5.75 Å². The molecule has 0 bridgehead atoms. The van der Waals surface area contributed by atoms with Crippen molar-refractivity contribution in [3.8, 4) is 5.75 Å². The Kier molecular flexibility index (Phi) is 6.19. The topological polar surface area (TPSA) is 75.7 Å². The molecule has 140 valence electrons. The molecule has 2 unspecified atom stereocenters. The van der Waals surface area contributed by atoms with Gasteiger partial charge in [0.25, 0.3) is 5.24 Å². The molecule has 1 N–H and O–H groups in total. The number of carbonyl (C=O) groups is 3. The molecular formula is C19H24N2O4S. The third-order valence-electron chi connectivity index (χ3n) is 4.99. The number of nitrogens with zero attached hydrogens (tertiary/aromatic N) is 1. The molecule has 3 rings (SSSR count). The summed E-state index contributed by atoms with van der Waals surface area (Å²) in [6.45, 7) is 0. The molecule has 1 aliphatic carbocycles. The van der Waals surface area contributed by atoms with Crippen molar-refractivity contribution in [2.24, 2.45) is 0 Å². The van der Waals surface area contributed by atoms with Crippen LogP contribution in [0.2, 0.25) is 0 Å². The Morgan fingerprint density at radius 3 is 2.62 bits per heavy atom. The number of benzene rings is 1. The first-order valence-electron chi connectivity index (χ1n) is 8.99. The Labute approximate surface area is 157 Å². The van der Waals surface area contributed by atoms with Gasteiger partial charge in [0, 0.05) is 12.5 Å². The van der Waals surface area contributed by atoms with E-state index in [4.69, 9.17) is 4.74 Å². The summed E-state index contributed by atoms with van der Waals surface area (Å²) in [4.78, 5) is 37.8. The van der Waals surface area contributed by atoms with Crippen LogP contribution in [-0.4, -0.2) is 46.9 Å². The van der Waals surface area contributed by atoms with E-state index in [2.05, 4.69) is 5.32 Å². The van der Waals surface area contributed by atoms with Crippen LogP contribution in [0.25, 0.3) is 0 Å². The monoisotopic (exact) mass is 376 g/mol. The molecule has 1 heterocycles. The lowest BCUT2D eigenvalue weighted by Gasteiger charge is -2.36. The lowest BCUT2D eigenvalue weighted by molar-refractivity contribution is -0.129. The van der Waals surface area contributed by atoms with Crippen LogP contribution in [0.3, 0.4) is 0 Å². The van der Waals surface area contributed by atoms with E-state index in [9.17, 15) is 14.4 Å². The van der Waals surface area contributed by atoms with Gasteiger partial charge in [-0.1, -0.05) is 36.7 Å². The first kappa shape index (κ1) is 18.8. The third-order valence-corrected chi connectivity index (χ3v) is 5.83. The molecule has 1 aromatic rings. The fraction of sp³-hybridized carbons (Fsp3) is 0.526. The second-order valence-corrected chi connectivity index (χ2v) is 7.62. The van der Waals surface area contributed by atoms with E-state index in [0.717, 1.165) is 48.8 Å². The van der Waals surface area contributed by atoms with Crippen LogP contribution < -0.4 is 10.1 Å². The molecule has 7 heteroatoms. The molecule has 1 aromatic carbocycles. The zero-order chi connectivity index (χ0) is 18.5. The summed E-state index contributed by atoms with van der Waals surface area (Å²) >= 11 is 1.05. The highest BCUT2D eigenvalue weighted by Gasteiger charge is 2.41. The number of aryl methyl sites for hydroxylation is 1. The lowest BCUT2D eigenvalue weighted by Crippen LogP contribution is -2.54. The maximum Gasteiger partial charge on any atom is 0.289 e. The normalized spacial score (nSPS) is 23.2. The number of amides is 3. The Bertz CT molecular complexity index is 661. The summed E-state index contributed by atoms with van der Waals surface area (Å²) in [5.41, 5.74) is 1.07. The molecular weight excluding hydrogens is 352 g/mol. The Hall–Kier alpha value is -2.02. The molecule has 0 aromatic heterocycles. The van der Waals surface area contributed by atoms with Gasteiger partial charge in [-0.2, -0.15) is 0 Å². The molecule has 1 aliphatic heterocycles. The third kappa shape index (κ3) is 4.38. The van der Waals surface area contributed by atoms with Gasteiger partial charge in [-0.25, -0.2) is 0 Å². The van der Waals surface area contributed by atoms with Crippen LogP contribution in [0.15, 0.2) is 24.3 Å². The van der Waals surface area contributed by atoms with Gasteiger partial charge in [-0.05, 0) is 37.0 Å². The van der Waals surface area contributed by atoms with Crippen molar-refractivity contribution in [2.75, 3.05) is 12.9 Å². The maximum absolute atomic E-state index is 12.4. The van der Waals surface area contributed by atoms with Gasteiger partial charge in [-0.15, -0.1) is 0 Å². The average Bonchev–Trinajstić information content (AvgIpc) is 2.99. The Balaban J connectivity index is 1.56. The number of imide groups is 1. The smallest absolute Gasteiger partial charge is 0.289 e. The lowest BCUT2D eigenvalue weighted by atomic mass is 9.89. The number of methoxy groups -OCH3 is 1. The highest BCUT2D eigenvalue weighted by atomic mass is 32.2. The predicted octanol–water partition coefficient (Wildman–Crippen LogP) is 2.75. The van der Waals surface area contributed by atoms with Gasteiger partial charge in [0.15, 0.2) is 0 Å². The molecule has 1 saturated heterocycles. The molecule has 6 nitrogen and oxygen atoms in total. The number of hydrogen-bond donors (Lipinski definition) is 1. The van der Waals surface area contributed by atoms with Gasteiger partial charge in [-0.3, -0.25) is 19.3 Å². The molecule has 0 spiro atoms. The minimum Gasteiger partial charge on any atom is -0.497 e. The summed E-state index contributed by atoms with van der Waals surface area (Å²) in [5, 5.41) is 2.88. The van der Waals surface area contributed by atoms with Gasteiger partial charge in [0.05, 0.1) is 18.9 Å². The molecule has 2 atom stereocenters. The summed E-state index contributed by atoms with van der Waals surface area (Å²) in [6.07, 6.45) is 4.58. The van der Waals surface area contributed by atoms with Crippen molar-refractivity contribution in [1.29, 1.82) is 0 Å². The summed E-state index contributed by atoms with van der Waals surface area (Å²) in [5.74, 6) is 0.836. The summed E-state index contributed by atoms with van der Waals surface area (Å²) in [7, 11) is 1.62. The van der Waals surface area contributed by atoms with E-state index >= 15 is 0 Å². The molecule has 1 saturated carbocycles. The highest BCUT2D eigenvalue weighted by molar-refractivity contribution is 8.14. The van der Waals surface area contributed by atoms with Gasteiger partial charge >= 0.3 is 0 Å². The average molecular weight is 376 g/mol. The second-order valence-electron chi connectivity index (χ2n) is 6.69. The number of ether oxygens (including phenoxy) is 1. The standard InChI is InChI=1S/C19H24N2O4S/c1-25-14-9-6-13(7-10-14)8-11-17(22)20-15-4-2-3-5-16(15)21-18(23)12-26-19(21)24/h6-7,9-10,15-16H,2-5,8,11-12H2,1H3,(H,20,22). The zero-order valence-electron chi connectivity index (χ0n) is 14.9. The van der Waals surface area contributed by atoms with E-state index in [1.54, 1.807) is 7.11 Å². The van der Waals surface area contributed by atoms with Crippen molar-refractivity contribution in [2.45, 2.75) is 50.6 Å². The van der Waals surface area contributed by atoms with Gasteiger partial charge in [0.2, 0.25) is 11.8 Å². The van der Waals surface area contributed by atoms with E-state index in [-0.39, 0.29) is 34.9 Å². The second kappa shape index (κ2) is 8.58. The fourth-order valence-corrected chi connectivity index (χ4v) is 4.36. The number of rotatable bonds is 6. The van der Waals surface area contributed by atoms with Crippen molar-refractivity contribution in [1.82, 2.24) is 10.2 Å². The van der Waals surface area contributed by atoms with E-state index in [1.165, 1.54) is 4.90 Å². The summed E-state index contributed by atoms with van der Waals surface area (Å²) < 4.78 is 5.13. The minimum absolute atomic E-state index is 0.0375. The molecule has 0 radical (unpaired) electrons. The summed E-state index contributed by atoms with van der Waals surface area (Å²) in [6, 6.07) is 7.32. The Morgan fingerprint density at radius 1 is 1.23 bits per heavy atom. The minimum atomic E-state index is -0.205. The molecule has 2 aliphatic rings. The number of thioether (sulfide) groups is 1. The van der Waals surface area contributed by atoms with Crippen molar-refractivity contribution >= 4 is 28.8 Å². The van der Waals surface area contributed by atoms with E-state index in [1.807, 2.05) is 24.3 Å². The Morgan fingerprint density at radius 2 is 1.96 bits per heavy atom. The van der Waals surface area contributed by atoms with Crippen molar-refractivity contribution < 1.29 is 19.1 Å². The van der Waals surface area contributed by atoms with Crippen LogP contribution >= 0.6 is 11.8 Å². The van der Waals surface area contributed by atoms with E-state index < -0.39 is 0 Å². The zero-order valence-corrected chi connectivity index (χ0v) is 15.7.